The maximum atomic E-state index is 9.62. The molecule has 0 aromatic heterocycles. The molecule has 36 valence electrons. The quantitative estimate of drug-likeness (QED) is 0.230. The van der Waals surface area contributed by atoms with Crippen molar-refractivity contribution in [3.63, 3.8) is 0 Å². The zero-order chi connectivity index (χ0) is 4.83. The van der Waals surface area contributed by atoms with Crippen LogP contribution in [0.25, 0.3) is 0 Å². The van der Waals surface area contributed by atoms with Crippen LogP contribution in [0.4, 0.5) is 0 Å². The SMILES string of the molecule is [Na+].[O-]CCCC=S. The van der Waals surface area contributed by atoms with Crippen molar-refractivity contribution in [2.75, 3.05) is 6.61 Å². The Balaban J connectivity index is 0. The zero-order valence-electron chi connectivity index (χ0n) is 4.52. The monoisotopic (exact) mass is 126 g/mol. The van der Waals surface area contributed by atoms with Crippen LogP contribution in [-0.2, 0) is 0 Å². The first-order chi connectivity index (χ1) is 2.91. The molecule has 0 saturated carbocycles. The molecule has 1 nitrogen and oxygen atoms in total. The van der Waals surface area contributed by atoms with Crippen molar-refractivity contribution in [2.24, 2.45) is 0 Å². The standard InChI is InChI=1S/C4H7OS.Na/c5-3-1-2-4-6;/h4H,1-3H2;/q-1;+1. The minimum atomic E-state index is 0. The number of rotatable bonds is 3. The van der Waals surface area contributed by atoms with Gasteiger partial charge in [-0.3, -0.25) is 0 Å². The molecule has 0 unspecified atom stereocenters. The van der Waals surface area contributed by atoms with Gasteiger partial charge in [0.05, 0.1) is 0 Å². The molecule has 0 fully saturated rings. The van der Waals surface area contributed by atoms with Crippen LogP contribution in [0, 0.1) is 0 Å². The molecule has 0 bridgehead atoms. The first-order valence-corrected chi connectivity index (χ1v) is 2.40. The number of hydrogen-bond donors (Lipinski definition) is 0. The van der Waals surface area contributed by atoms with Crippen LogP contribution in [0.5, 0.6) is 0 Å². The van der Waals surface area contributed by atoms with Crippen LogP contribution in [0.15, 0.2) is 0 Å². The second-order valence-electron chi connectivity index (χ2n) is 1.01. The predicted octanol–water partition coefficient (Wildman–Crippen LogP) is -2.87. The molecule has 0 atom stereocenters. The molecule has 0 aromatic carbocycles. The minimum absolute atomic E-state index is 0. The summed E-state index contributed by atoms with van der Waals surface area (Å²) in [7, 11) is 0. The summed E-state index contributed by atoms with van der Waals surface area (Å²) < 4.78 is 0. The Labute approximate surface area is 71.4 Å². The topological polar surface area (TPSA) is 23.1 Å². The van der Waals surface area contributed by atoms with Crippen molar-refractivity contribution in [1.29, 1.82) is 0 Å². The summed E-state index contributed by atoms with van der Waals surface area (Å²) in [6.45, 7) is 0.00708. The van der Waals surface area contributed by atoms with Crippen LogP contribution in [0.1, 0.15) is 12.8 Å². The van der Waals surface area contributed by atoms with E-state index >= 15 is 0 Å². The van der Waals surface area contributed by atoms with Gasteiger partial charge in [-0.15, -0.1) is 6.61 Å². The number of hydrogen-bond acceptors (Lipinski definition) is 2. The molecule has 0 spiro atoms. The van der Waals surface area contributed by atoms with Crippen LogP contribution in [0.2, 0.25) is 0 Å². The van der Waals surface area contributed by atoms with Crippen molar-refractivity contribution in [2.45, 2.75) is 12.8 Å². The normalized spacial score (nSPS) is 7.00. The van der Waals surface area contributed by atoms with E-state index in [2.05, 4.69) is 12.2 Å². The molecule has 0 aliphatic carbocycles. The second kappa shape index (κ2) is 10.1. The Bertz CT molecular complexity index is 40.7. The van der Waals surface area contributed by atoms with Gasteiger partial charge in [0.25, 0.3) is 0 Å². The fraction of sp³-hybridized carbons (Fsp3) is 0.750. The van der Waals surface area contributed by atoms with E-state index < -0.39 is 0 Å². The van der Waals surface area contributed by atoms with E-state index in [4.69, 9.17) is 0 Å². The Morgan fingerprint density at radius 3 is 2.29 bits per heavy atom. The molecule has 0 saturated heterocycles. The van der Waals surface area contributed by atoms with Crippen molar-refractivity contribution in [1.82, 2.24) is 0 Å². The van der Waals surface area contributed by atoms with Crippen LogP contribution in [0.3, 0.4) is 0 Å². The first-order valence-electron chi connectivity index (χ1n) is 1.93. The molecular formula is C4H7NaOS. The molecule has 0 N–H and O–H groups in total. The summed E-state index contributed by atoms with van der Waals surface area (Å²) in [4.78, 5) is 0. The van der Waals surface area contributed by atoms with Gasteiger partial charge in [-0.1, -0.05) is 18.6 Å². The van der Waals surface area contributed by atoms with E-state index in [1.807, 2.05) is 0 Å². The maximum Gasteiger partial charge on any atom is 1.00 e. The molecule has 0 aromatic rings. The number of unbranched alkanes of at least 4 members (excludes halogenated alkanes) is 1. The van der Waals surface area contributed by atoms with E-state index in [9.17, 15) is 5.11 Å². The molecule has 3 heteroatoms. The van der Waals surface area contributed by atoms with Gasteiger partial charge in [0.1, 0.15) is 0 Å². The molecule has 0 aliphatic heterocycles. The van der Waals surface area contributed by atoms with Gasteiger partial charge in [-0.25, -0.2) is 0 Å². The van der Waals surface area contributed by atoms with Gasteiger partial charge >= 0.3 is 29.6 Å². The fourth-order valence-electron chi connectivity index (χ4n) is 0.167. The Morgan fingerprint density at radius 1 is 1.57 bits per heavy atom. The van der Waals surface area contributed by atoms with E-state index in [1.165, 1.54) is 0 Å². The van der Waals surface area contributed by atoms with Crippen molar-refractivity contribution >= 4 is 17.6 Å². The fourth-order valence-corrected chi connectivity index (χ4v) is 0.333. The van der Waals surface area contributed by atoms with Gasteiger partial charge in [0.2, 0.25) is 0 Å². The summed E-state index contributed by atoms with van der Waals surface area (Å²) in [6.07, 6.45) is 1.49. The average molecular weight is 126 g/mol. The molecule has 0 rings (SSSR count). The third-order valence-corrected chi connectivity index (χ3v) is 0.702. The molecular weight excluding hydrogens is 119 g/mol. The van der Waals surface area contributed by atoms with E-state index in [1.54, 1.807) is 5.37 Å². The van der Waals surface area contributed by atoms with E-state index in [0.717, 1.165) is 6.42 Å². The molecule has 0 radical (unpaired) electrons. The summed E-state index contributed by atoms with van der Waals surface area (Å²) in [6, 6.07) is 0. The summed E-state index contributed by atoms with van der Waals surface area (Å²) in [5.74, 6) is 0. The van der Waals surface area contributed by atoms with Gasteiger partial charge in [-0.05, 0) is 11.8 Å². The first kappa shape index (κ1) is 10.9. The van der Waals surface area contributed by atoms with Crippen molar-refractivity contribution in [3.05, 3.63) is 0 Å². The van der Waals surface area contributed by atoms with E-state index in [0.29, 0.717) is 6.42 Å². The summed E-state index contributed by atoms with van der Waals surface area (Å²) in [5, 5.41) is 11.2. The van der Waals surface area contributed by atoms with Crippen LogP contribution in [-0.4, -0.2) is 12.0 Å². The van der Waals surface area contributed by atoms with Gasteiger partial charge in [0, 0.05) is 0 Å². The Kier molecular flexibility index (Phi) is 15.8. The van der Waals surface area contributed by atoms with Gasteiger partial charge < -0.3 is 5.11 Å². The summed E-state index contributed by atoms with van der Waals surface area (Å²) in [5.41, 5.74) is 0. The third-order valence-electron chi connectivity index (χ3n) is 0.466. The molecule has 7 heavy (non-hydrogen) atoms. The average Bonchev–Trinajstić information content (AvgIpc) is 1.61. The van der Waals surface area contributed by atoms with E-state index in [-0.39, 0.29) is 36.2 Å². The van der Waals surface area contributed by atoms with Gasteiger partial charge in [-0.2, -0.15) is 0 Å². The third kappa shape index (κ3) is 11.0. The molecule has 0 aliphatic rings. The van der Waals surface area contributed by atoms with Crippen molar-refractivity contribution < 1.29 is 34.7 Å². The Morgan fingerprint density at radius 2 is 2.14 bits per heavy atom. The van der Waals surface area contributed by atoms with Crippen LogP contribution >= 0.6 is 12.2 Å². The predicted molar refractivity (Wildman–Crippen MR) is 27.8 cm³/mol. The minimum Gasteiger partial charge on any atom is -0.854 e. The molecule has 0 heterocycles. The van der Waals surface area contributed by atoms with Gasteiger partial charge in [0.15, 0.2) is 0 Å². The van der Waals surface area contributed by atoms with Crippen LogP contribution < -0.4 is 34.7 Å². The zero-order valence-corrected chi connectivity index (χ0v) is 7.33. The largest absolute Gasteiger partial charge is 1.00 e. The smallest absolute Gasteiger partial charge is 0.854 e. The Hall–Kier alpha value is 1.05. The second-order valence-corrected chi connectivity index (χ2v) is 1.35. The molecule has 0 amide bonds. The number of thiocarbonyl (C=S) groups is 1. The summed E-state index contributed by atoms with van der Waals surface area (Å²) >= 11 is 4.45. The van der Waals surface area contributed by atoms with Crippen molar-refractivity contribution in [3.8, 4) is 0 Å². The maximum absolute atomic E-state index is 9.62.